The molecule has 1 saturated carbocycles. The maximum atomic E-state index is 10.5. The molecule has 1 aliphatic carbocycles. The number of hydrogen-bond donors (Lipinski definition) is 4. The highest BCUT2D eigenvalue weighted by Gasteiger charge is 2.59. The average Bonchev–Trinajstić information content (AvgIpc) is 3.15. The summed E-state index contributed by atoms with van der Waals surface area (Å²) in [6.45, 7) is 0. The second kappa shape index (κ2) is 4.79. The Morgan fingerprint density at radius 1 is 1.27 bits per heavy atom. The van der Waals surface area contributed by atoms with Crippen LogP contribution in [0.25, 0.3) is 11.2 Å². The van der Waals surface area contributed by atoms with Gasteiger partial charge in [-0.05, 0) is 19.3 Å². The Labute approximate surface area is 130 Å². The number of aliphatic hydroxyl groups is 3. The maximum Gasteiger partial charge on any atom is 0.166 e. The monoisotopic (exact) mass is 323 g/mol. The van der Waals surface area contributed by atoms with Crippen molar-refractivity contribution in [2.75, 3.05) is 5.73 Å². The summed E-state index contributed by atoms with van der Waals surface area (Å²) in [6, 6.07) is 0. The van der Waals surface area contributed by atoms with E-state index in [9.17, 15) is 15.3 Å². The van der Waals surface area contributed by atoms with Crippen LogP contribution in [0, 0.1) is 0 Å². The predicted octanol–water partition coefficient (Wildman–Crippen LogP) is -0.341. The highest BCUT2D eigenvalue weighted by Crippen LogP contribution is 2.57. The lowest BCUT2D eigenvalue weighted by Gasteiger charge is -2.30. The minimum atomic E-state index is -1.01. The van der Waals surface area contributed by atoms with Crippen molar-refractivity contribution >= 4 is 28.7 Å². The number of imidazole rings is 1. The van der Waals surface area contributed by atoms with Gasteiger partial charge in [0.1, 0.15) is 23.3 Å². The number of nitrogens with zero attached hydrogens (tertiary/aromatic N) is 4. The van der Waals surface area contributed by atoms with Gasteiger partial charge in [-0.15, -0.1) is 11.8 Å². The van der Waals surface area contributed by atoms with Gasteiger partial charge in [0, 0.05) is 0 Å². The van der Waals surface area contributed by atoms with Crippen LogP contribution in [-0.4, -0.2) is 57.9 Å². The van der Waals surface area contributed by atoms with Crippen molar-refractivity contribution in [2.24, 2.45) is 0 Å². The highest BCUT2D eigenvalue weighted by molar-refractivity contribution is 8.01. The molecule has 2 aliphatic rings. The molecule has 0 amide bonds. The van der Waals surface area contributed by atoms with Gasteiger partial charge < -0.3 is 21.1 Å². The van der Waals surface area contributed by atoms with Crippen molar-refractivity contribution in [2.45, 2.75) is 47.7 Å². The van der Waals surface area contributed by atoms with Crippen LogP contribution in [0.4, 0.5) is 5.82 Å². The summed E-state index contributed by atoms with van der Waals surface area (Å²) in [5, 5.41) is 30.8. The second-order valence-corrected chi connectivity index (χ2v) is 7.37. The maximum absolute atomic E-state index is 10.5. The van der Waals surface area contributed by atoms with E-state index in [2.05, 4.69) is 15.0 Å². The third kappa shape index (κ3) is 1.73. The van der Waals surface area contributed by atoms with Crippen molar-refractivity contribution in [1.29, 1.82) is 0 Å². The zero-order valence-electron chi connectivity index (χ0n) is 11.7. The van der Waals surface area contributed by atoms with E-state index in [1.165, 1.54) is 18.1 Å². The first-order valence-corrected chi connectivity index (χ1v) is 8.07. The van der Waals surface area contributed by atoms with Crippen LogP contribution in [0.5, 0.6) is 0 Å². The van der Waals surface area contributed by atoms with Crippen LogP contribution in [0.1, 0.15) is 24.6 Å². The van der Waals surface area contributed by atoms with E-state index in [-0.39, 0.29) is 5.82 Å². The van der Waals surface area contributed by atoms with Gasteiger partial charge in [0.05, 0.1) is 23.3 Å². The standard InChI is InChI=1S/C13H17N5O3S/c14-10-7-11(16-4-15-10)18(5-17-7)12-8(20)9(21)13(22-12)3-1-2-6(13)19/h4-6,8-9,12,19-21H,1-3H2,(H2,14,15,16)/t6-,8+,9-,12+,13?/m0/s1. The topological polar surface area (TPSA) is 130 Å². The summed E-state index contributed by atoms with van der Waals surface area (Å²) in [7, 11) is 0. The SMILES string of the molecule is Nc1ncnc2c1ncn2[C@@H]1SC2(CCC[C@@H]2O)[C@@H](O)[C@H]1O. The van der Waals surface area contributed by atoms with Gasteiger partial charge in [-0.2, -0.15) is 0 Å². The van der Waals surface area contributed by atoms with E-state index in [0.717, 1.165) is 6.42 Å². The number of hydrogen-bond acceptors (Lipinski definition) is 8. The molecule has 5 N–H and O–H groups in total. The second-order valence-electron chi connectivity index (χ2n) is 5.89. The van der Waals surface area contributed by atoms with E-state index in [0.29, 0.717) is 24.0 Å². The third-order valence-corrected chi connectivity index (χ3v) is 6.63. The van der Waals surface area contributed by atoms with Crippen LogP contribution < -0.4 is 5.73 Å². The summed E-state index contributed by atoms with van der Waals surface area (Å²) in [5.74, 6) is 0.275. The van der Waals surface area contributed by atoms with E-state index >= 15 is 0 Å². The van der Waals surface area contributed by atoms with Crippen molar-refractivity contribution in [3.63, 3.8) is 0 Å². The van der Waals surface area contributed by atoms with Gasteiger partial charge >= 0.3 is 0 Å². The Balaban J connectivity index is 1.78. The number of thioether (sulfide) groups is 1. The number of anilines is 1. The molecular weight excluding hydrogens is 306 g/mol. The lowest BCUT2D eigenvalue weighted by molar-refractivity contribution is -0.0251. The summed E-state index contributed by atoms with van der Waals surface area (Å²) in [4.78, 5) is 12.3. The number of aromatic nitrogens is 4. The van der Waals surface area contributed by atoms with Gasteiger partial charge in [0.25, 0.3) is 0 Å². The fourth-order valence-electron chi connectivity index (χ4n) is 3.55. The molecule has 1 saturated heterocycles. The first kappa shape index (κ1) is 14.2. The van der Waals surface area contributed by atoms with Crippen LogP contribution in [0.3, 0.4) is 0 Å². The van der Waals surface area contributed by atoms with Gasteiger partial charge in [-0.1, -0.05) is 0 Å². The zero-order valence-corrected chi connectivity index (χ0v) is 12.5. The van der Waals surface area contributed by atoms with Crippen LogP contribution in [-0.2, 0) is 0 Å². The van der Waals surface area contributed by atoms with Crippen molar-refractivity contribution in [1.82, 2.24) is 19.5 Å². The molecule has 1 unspecified atom stereocenters. The number of nitrogen functional groups attached to an aromatic ring is 1. The van der Waals surface area contributed by atoms with Crippen molar-refractivity contribution < 1.29 is 15.3 Å². The fourth-order valence-corrected chi connectivity index (χ4v) is 5.37. The molecule has 2 aromatic heterocycles. The fraction of sp³-hybridized carbons (Fsp3) is 0.615. The minimum Gasteiger partial charge on any atom is -0.392 e. The third-order valence-electron chi connectivity index (χ3n) is 4.73. The van der Waals surface area contributed by atoms with E-state index in [4.69, 9.17) is 5.73 Å². The zero-order chi connectivity index (χ0) is 15.5. The van der Waals surface area contributed by atoms with Gasteiger partial charge in [-0.25, -0.2) is 15.0 Å². The quantitative estimate of drug-likeness (QED) is 0.561. The van der Waals surface area contributed by atoms with Crippen molar-refractivity contribution in [3.8, 4) is 0 Å². The molecule has 5 atom stereocenters. The van der Waals surface area contributed by atoms with Crippen molar-refractivity contribution in [3.05, 3.63) is 12.7 Å². The predicted molar refractivity (Wildman–Crippen MR) is 81.0 cm³/mol. The lowest BCUT2D eigenvalue weighted by Crippen LogP contribution is -2.46. The van der Waals surface area contributed by atoms with Gasteiger partial charge in [0.2, 0.25) is 0 Å². The minimum absolute atomic E-state index is 0.275. The molecular formula is C13H17N5O3S. The lowest BCUT2D eigenvalue weighted by atomic mass is 9.94. The van der Waals surface area contributed by atoms with Crippen LogP contribution in [0.2, 0.25) is 0 Å². The Morgan fingerprint density at radius 3 is 2.82 bits per heavy atom. The molecule has 8 nitrogen and oxygen atoms in total. The normalized spacial score (nSPS) is 38.3. The van der Waals surface area contributed by atoms with E-state index in [1.807, 2.05) is 0 Å². The van der Waals surface area contributed by atoms with Crippen LogP contribution in [0.15, 0.2) is 12.7 Å². The first-order chi connectivity index (χ1) is 10.5. The van der Waals surface area contributed by atoms with E-state index in [1.54, 1.807) is 10.9 Å². The molecule has 1 aliphatic heterocycles. The molecule has 2 fully saturated rings. The number of aliphatic hydroxyl groups excluding tert-OH is 3. The summed E-state index contributed by atoms with van der Waals surface area (Å²) in [5.41, 5.74) is 6.77. The molecule has 3 heterocycles. The Kier molecular flexibility index (Phi) is 3.09. The molecule has 0 radical (unpaired) electrons. The molecule has 1 spiro atoms. The number of rotatable bonds is 1. The molecule has 118 valence electrons. The Bertz CT molecular complexity index is 725. The average molecular weight is 323 g/mol. The summed E-state index contributed by atoms with van der Waals surface area (Å²) in [6.07, 6.45) is 2.43. The molecule has 0 aromatic carbocycles. The van der Waals surface area contributed by atoms with Gasteiger partial charge in [0.15, 0.2) is 11.5 Å². The first-order valence-electron chi connectivity index (χ1n) is 7.19. The van der Waals surface area contributed by atoms with Crippen LogP contribution >= 0.6 is 11.8 Å². The summed E-state index contributed by atoms with van der Waals surface area (Å²) < 4.78 is 0.977. The number of nitrogens with two attached hydrogens (primary N) is 1. The van der Waals surface area contributed by atoms with Gasteiger partial charge in [-0.3, -0.25) is 4.57 Å². The summed E-state index contributed by atoms with van der Waals surface area (Å²) >= 11 is 1.40. The highest BCUT2D eigenvalue weighted by atomic mass is 32.2. The Morgan fingerprint density at radius 2 is 2.09 bits per heavy atom. The van der Waals surface area contributed by atoms with E-state index < -0.39 is 28.4 Å². The molecule has 0 bridgehead atoms. The largest absolute Gasteiger partial charge is 0.392 e. The smallest absolute Gasteiger partial charge is 0.166 e. The molecule has 2 aromatic rings. The number of fused-ring (bicyclic) bond motifs is 1. The molecule has 9 heteroatoms. The molecule has 4 rings (SSSR count). The Hall–Kier alpha value is -1.42. The molecule has 22 heavy (non-hydrogen) atoms.